The van der Waals surface area contributed by atoms with Crippen LogP contribution >= 0.6 is 0 Å². The van der Waals surface area contributed by atoms with Crippen LogP contribution < -0.4 is 15.4 Å². The summed E-state index contributed by atoms with van der Waals surface area (Å²) < 4.78 is 19.0. The molecule has 0 bridgehead atoms. The lowest BCUT2D eigenvalue weighted by molar-refractivity contribution is 0.00675. The van der Waals surface area contributed by atoms with Crippen molar-refractivity contribution in [1.29, 1.82) is 0 Å². The molecule has 4 rings (SSSR count). The zero-order chi connectivity index (χ0) is 18.8. The number of nitrogens with two attached hydrogens (primary N) is 1. The number of hydrogen-bond acceptors (Lipinski definition) is 5. The molecule has 1 aliphatic carbocycles. The van der Waals surface area contributed by atoms with E-state index in [1.165, 1.54) is 17.8 Å². The Kier molecular flexibility index (Phi) is 5.29. The number of ether oxygens (including phenoxy) is 1. The predicted molar refractivity (Wildman–Crippen MR) is 103 cm³/mol. The summed E-state index contributed by atoms with van der Waals surface area (Å²) >= 11 is 0. The zero-order valence-electron chi connectivity index (χ0n) is 15.2. The molecule has 2 aliphatic rings. The van der Waals surface area contributed by atoms with Gasteiger partial charge in [-0.2, -0.15) is 0 Å². The van der Waals surface area contributed by atoms with Gasteiger partial charge in [0.05, 0.1) is 6.04 Å². The Morgan fingerprint density at radius 2 is 1.63 bits per heavy atom. The maximum atomic E-state index is 13.1. The summed E-state index contributed by atoms with van der Waals surface area (Å²) in [4.78, 5) is 4.64. The molecule has 0 unspecified atom stereocenters. The molecule has 27 heavy (non-hydrogen) atoms. The van der Waals surface area contributed by atoms with Gasteiger partial charge in [-0.15, -0.1) is 0 Å². The van der Waals surface area contributed by atoms with Crippen LogP contribution in [-0.4, -0.2) is 60.5 Å². The Labute approximate surface area is 159 Å². The lowest BCUT2D eigenvalue weighted by atomic mass is 10.1. The molecule has 0 spiro atoms. The molecule has 0 radical (unpaired) electrons. The summed E-state index contributed by atoms with van der Waals surface area (Å²) in [7, 11) is 0. The first-order valence-electron chi connectivity index (χ1n) is 9.52. The molecule has 1 saturated carbocycles. The number of aliphatic hydroxyl groups is 1. The Hall–Kier alpha value is -2.15. The van der Waals surface area contributed by atoms with Crippen LogP contribution in [0.5, 0.6) is 5.75 Å². The minimum Gasteiger partial charge on any atom is -0.488 e. The van der Waals surface area contributed by atoms with Crippen LogP contribution in [0.2, 0.25) is 0 Å². The lowest BCUT2D eigenvalue weighted by Crippen LogP contribution is -2.57. The quantitative estimate of drug-likeness (QED) is 0.859. The monoisotopic (exact) mass is 371 g/mol. The third-order valence-corrected chi connectivity index (χ3v) is 5.63. The molecule has 3 N–H and O–H groups in total. The van der Waals surface area contributed by atoms with Gasteiger partial charge in [-0.05, 0) is 36.4 Å². The molecule has 1 saturated heterocycles. The van der Waals surface area contributed by atoms with Gasteiger partial charge in [0.15, 0.2) is 0 Å². The van der Waals surface area contributed by atoms with Gasteiger partial charge in [0.25, 0.3) is 0 Å². The van der Waals surface area contributed by atoms with Gasteiger partial charge >= 0.3 is 0 Å². The fourth-order valence-electron chi connectivity index (χ4n) is 4.23. The summed E-state index contributed by atoms with van der Waals surface area (Å²) in [5.41, 5.74) is 7.59. The molecule has 0 amide bonds. The normalized spacial score (nSPS) is 29.1. The van der Waals surface area contributed by atoms with Crippen molar-refractivity contribution in [3.63, 3.8) is 0 Å². The maximum Gasteiger partial charge on any atom is 0.128 e. The van der Waals surface area contributed by atoms with Gasteiger partial charge < -0.3 is 20.5 Å². The van der Waals surface area contributed by atoms with Crippen LogP contribution in [0.1, 0.15) is 6.42 Å². The van der Waals surface area contributed by atoms with Crippen LogP contribution in [0, 0.1) is 5.82 Å². The first-order valence-corrected chi connectivity index (χ1v) is 9.52. The summed E-state index contributed by atoms with van der Waals surface area (Å²) in [6.07, 6.45) is -0.446. The van der Waals surface area contributed by atoms with E-state index in [9.17, 15) is 9.50 Å². The van der Waals surface area contributed by atoms with E-state index in [2.05, 4.69) is 34.1 Å². The van der Waals surface area contributed by atoms with E-state index in [4.69, 9.17) is 10.5 Å². The second kappa shape index (κ2) is 7.84. The lowest BCUT2D eigenvalue weighted by Gasteiger charge is -2.41. The predicted octanol–water partition coefficient (Wildman–Crippen LogP) is 1.86. The van der Waals surface area contributed by atoms with Crippen LogP contribution in [0.3, 0.4) is 0 Å². The van der Waals surface area contributed by atoms with E-state index in [1.807, 2.05) is 6.07 Å². The first-order chi connectivity index (χ1) is 13.1. The molecule has 0 aromatic heterocycles. The number of nitrogens with zero attached hydrogens (tertiary/aromatic N) is 2. The highest BCUT2D eigenvalue weighted by Gasteiger charge is 2.45. The fourth-order valence-corrected chi connectivity index (χ4v) is 4.23. The molecular formula is C21H26FN3O2. The summed E-state index contributed by atoms with van der Waals surface area (Å²) in [6.45, 7) is 3.52. The standard InChI is InChI=1S/C21H26FN3O2/c22-15-6-8-17(9-7-15)27-19-14-18(23)20(21(19)26)25-12-10-24(11-13-25)16-4-2-1-3-5-16/h1-9,18-21,26H,10-14,23H2/t18-,19-,20+,21+/m1/s1. The SMILES string of the molecule is N[C@@H]1C[C@@H](Oc2ccc(F)cc2)[C@H](O)[C@H]1N1CCN(c2ccccc2)CC1. The molecular weight excluding hydrogens is 345 g/mol. The molecule has 1 heterocycles. The third kappa shape index (κ3) is 3.93. The van der Waals surface area contributed by atoms with Crippen molar-refractivity contribution < 1.29 is 14.2 Å². The second-order valence-electron chi connectivity index (χ2n) is 7.35. The van der Waals surface area contributed by atoms with Gasteiger partial charge in [0, 0.05) is 44.3 Å². The maximum absolute atomic E-state index is 13.1. The number of para-hydroxylation sites is 1. The number of halogens is 1. The second-order valence-corrected chi connectivity index (χ2v) is 7.35. The highest BCUT2D eigenvalue weighted by molar-refractivity contribution is 5.46. The van der Waals surface area contributed by atoms with Crippen molar-refractivity contribution in [3.8, 4) is 5.75 Å². The van der Waals surface area contributed by atoms with Crippen molar-refractivity contribution in [1.82, 2.24) is 4.90 Å². The van der Waals surface area contributed by atoms with Gasteiger partial charge in [-0.25, -0.2) is 4.39 Å². The highest BCUT2D eigenvalue weighted by Crippen LogP contribution is 2.29. The van der Waals surface area contributed by atoms with E-state index in [-0.39, 0.29) is 24.0 Å². The van der Waals surface area contributed by atoms with Crippen molar-refractivity contribution in [2.75, 3.05) is 31.1 Å². The fraction of sp³-hybridized carbons (Fsp3) is 0.429. The van der Waals surface area contributed by atoms with Crippen molar-refractivity contribution in [3.05, 3.63) is 60.4 Å². The van der Waals surface area contributed by atoms with E-state index in [0.29, 0.717) is 12.2 Å². The molecule has 2 fully saturated rings. The molecule has 144 valence electrons. The number of aliphatic hydroxyl groups excluding tert-OH is 1. The highest BCUT2D eigenvalue weighted by atomic mass is 19.1. The molecule has 4 atom stereocenters. The molecule has 6 heteroatoms. The largest absolute Gasteiger partial charge is 0.488 e. The molecule has 1 aliphatic heterocycles. The first kappa shape index (κ1) is 18.2. The third-order valence-electron chi connectivity index (χ3n) is 5.63. The van der Waals surface area contributed by atoms with Gasteiger partial charge in [0.1, 0.15) is 23.8 Å². The van der Waals surface area contributed by atoms with E-state index >= 15 is 0 Å². The zero-order valence-corrected chi connectivity index (χ0v) is 15.2. The smallest absolute Gasteiger partial charge is 0.128 e. The Bertz CT molecular complexity index is 735. The number of piperazine rings is 1. The average Bonchev–Trinajstić information content (AvgIpc) is 2.98. The summed E-state index contributed by atoms with van der Waals surface area (Å²) in [5, 5.41) is 10.8. The number of rotatable bonds is 4. The van der Waals surface area contributed by atoms with Gasteiger partial charge in [-0.1, -0.05) is 18.2 Å². The van der Waals surface area contributed by atoms with E-state index in [1.54, 1.807) is 12.1 Å². The van der Waals surface area contributed by atoms with E-state index < -0.39 is 6.10 Å². The Morgan fingerprint density at radius 3 is 2.30 bits per heavy atom. The van der Waals surface area contributed by atoms with Crippen LogP contribution in [0.25, 0.3) is 0 Å². The van der Waals surface area contributed by atoms with E-state index in [0.717, 1.165) is 26.2 Å². The van der Waals surface area contributed by atoms with Crippen molar-refractivity contribution in [2.45, 2.75) is 30.7 Å². The Morgan fingerprint density at radius 1 is 0.963 bits per heavy atom. The van der Waals surface area contributed by atoms with Crippen molar-refractivity contribution in [2.24, 2.45) is 5.73 Å². The Balaban J connectivity index is 1.37. The minimum absolute atomic E-state index is 0.117. The van der Waals surface area contributed by atoms with Crippen LogP contribution in [-0.2, 0) is 0 Å². The average molecular weight is 371 g/mol. The van der Waals surface area contributed by atoms with Gasteiger partial charge in [-0.3, -0.25) is 4.90 Å². The molecule has 2 aromatic carbocycles. The summed E-state index contributed by atoms with van der Waals surface area (Å²) in [6, 6.07) is 16.0. The minimum atomic E-state index is -0.659. The van der Waals surface area contributed by atoms with Gasteiger partial charge in [0.2, 0.25) is 0 Å². The van der Waals surface area contributed by atoms with Crippen molar-refractivity contribution >= 4 is 5.69 Å². The van der Waals surface area contributed by atoms with Crippen LogP contribution in [0.15, 0.2) is 54.6 Å². The molecule has 2 aromatic rings. The number of benzene rings is 2. The summed E-state index contributed by atoms with van der Waals surface area (Å²) in [5.74, 6) is 0.252. The number of anilines is 1. The number of hydrogen-bond donors (Lipinski definition) is 2. The topological polar surface area (TPSA) is 62.0 Å². The van der Waals surface area contributed by atoms with Crippen LogP contribution in [0.4, 0.5) is 10.1 Å². The molecule has 5 nitrogen and oxygen atoms in total.